The predicted octanol–water partition coefficient (Wildman–Crippen LogP) is 6.45. The minimum absolute atomic E-state index is 0.111. The van der Waals surface area contributed by atoms with Crippen LogP contribution in [0.2, 0.25) is 0 Å². The van der Waals surface area contributed by atoms with E-state index in [-0.39, 0.29) is 14.6 Å². The summed E-state index contributed by atoms with van der Waals surface area (Å²) in [5.41, 5.74) is -0.112. The van der Waals surface area contributed by atoms with Crippen molar-refractivity contribution in [2.75, 3.05) is 26.4 Å². The molecule has 0 heterocycles. The first-order valence-corrected chi connectivity index (χ1v) is 12.4. The summed E-state index contributed by atoms with van der Waals surface area (Å²) in [7, 11) is -3.57. The summed E-state index contributed by atoms with van der Waals surface area (Å²) < 4.78 is 48.0. The van der Waals surface area contributed by atoms with Gasteiger partial charge in [-0.25, -0.2) is 0 Å². The molecule has 148 valence electrons. The monoisotopic (exact) mass is 532 g/mol. The van der Waals surface area contributed by atoms with Gasteiger partial charge in [0.1, 0.15) is 0 Å². The summed E-state index contributed by atoms with van der Waals surface area (Å²) in [6.45, 7) is 8.38. The molecule has 26 heavy (non-hydrogen) atoms. The van der Waals surface area contributed by atoms with Gasteiger partial charge in [-0.1, -0.05) is 31.9 Å². The maximum Gasteiger partial charge on any atom is 0.335 e. The number of hydrogen-bond donors (Lipinski definition) is 0. The van der Waals surface area contributed by atoms with Crippen molar-refractivity contribution in [3.8, 4) is 0 Å². The molecule has 1 aromatic rings. The van der Waals surface area contributed by atoms with Gasteiger partial charge >= 0.3 is 7.60 Å². The zero-order valence-electron chi connectivity index (χ0n) is 15.3. The van der Waals surface area contributed by atoms with Gasteiger partial charge in [0.2, 0.25) is 8.46 Å². The van der Waals surface area contributed by atoms with Crippen molar-refractivity contribution in [3.05, 3.63) is 32.2 Å². The van der Waals surface area contributed by atoms with Crippen LogP contribution in [0.25, 0.3) is 0 Å². The Kier molecular flexibility index (Phi) is 10.7. The third-order valence-corrected chi connectivity index (χ3v) is 7.46. The average molecular weight is 534 g/mol. The second kappa shape index (κ2) is 11.4. The lowest BCUT2D eigenvalue weighted by atomic mass is 10.1. The highest BCUT2D eigenvalue weighted by Gasteiger charge is 2.38. The van der Waals surface area contributed by atoms with Crippen molar-refractivity contribution >= 4 is 47.9 Å². The highest BCUT2D eigenvalue weighted by atomic mass is 79.9. The number of hydrogen-bond acceptors (Lipinski definition) is 6. The molecule has 0 aromatic heterocycles. The molecule has 0 unspecified atom stereocenters. The molecule has 0 aliphatic heterocycles. The summed E-state index contributed by atoms with van der Waals surface area (Å²) in [6, 6.07) is 3.53. The zero-order chi connectivity index (χ0) is 19.8. The molecular formula is C16H24Br2O6P2. The van der Waals surface area contributed by atoms with E-state index in [4.69, 9.17) is 18.5 Å². The first-order valence-electron chi connectivity index (χ1n) is 8.30. The minimum atomic E-state index is -3.25. The standard InChI is InChI=1S/C16H24Br2O6P2/c1-5-21-16(25-19,22-6-2)13-10-14(17)12(9-15(13)18)11-26(20,23-7-3)24-8-4/h9-10H,5-8,11H2,1-4H3. The lowest BCUT2D eigenvalue weighted by Crippen LogP contribution is -2.28. The summed E-state index contributed by atoms with van der Waals surface area (Å²) in [5, 5.41) is 0. The molecule has 0 fully saturated rings. The fraction of sp³-hybridized carbons (Fsp3) is 0.625. The molecule has 1 rings (SSSR count). The number of ether oxygens (including phenoxy) is 2. The maximum atomic E-state index is 12.8. The molecule has 1 aromatic carbocycles. The van der Waals surface area contributed by atoms with Crippen molar-refractivity contribution in [2.45, 2.75) is 39.4 Å². The zero-order valence-corrected chi connectivity index (χ0v) is 20.3. The molecule has 0 atom stereocenters. The molecule has 0 radical (unpaired) electrons. The third kappa shape index (κ3) is 6.18. The molecular weight excluding hydrogens is 510 g/mol. The van der Waals surface area contributed by atoms with Gasteiger partial charge in [-0.05, 0) is 45.4 Å². The summed E-state index contributed by atoms with van der Waals surface area (Å²) in [4.78, 5) is 0. The van der Waals surface area contributed by atoms with Crippen LogP contribution in [0.3, 0.4) is 0 Å². The number of rotatable bonds is 12. The van der Waals surface area contributed by atoms with Crippen molar-refractivity contribution in [3.63, 3.8) is 0 Å². The Bertz CT molecular complexity index is 640. The van der Waals surface area contributed by atoms with E-state index in [1.54, 1.807) is 39.8 Å². The van der Waals surface area contributed by atoms with Gasteiger partial charge < -0.3 is 18.5 Å². The van der Waals surface area contributed by atoms with E-state index in [0.717, 1.165) is 5.56 Å². The molecule has 0 amide bonds. The smallest absolute Gasteiger partial charge is 0.335 e. The van der Waals surface area contributed by atoms with Gasteiger partial charge in [-0.3, -0.25) is 9.13 Å². The molecule has 0 saturated carbocycles. The van der Waals surface area contributed by atoms with Crippen molar-refractivity contribution in [1.82, 2.24) is 0 Å². The highest BCUT2D eigenvalue weighted by molar-refractivity contribution is 9.11. The fourth-order valence-electron chi connectivity index (χ4n) is 2.37. The molecule has 0 saturated heterocycles. The van der Waals surface area contributed by atoms with Crippen LogP contribution in [-0.2, 0) is 39.3 Å². The van der Waals surface area contributed by atoms with Gasteiger partial charge in [-0.2, -0.15) is 0 Å². The van der Waals surface area contributed by atoms with Gasteiger partial charge in [0.25, 0.3) is 5.53 Å². The summed E-state index contributed by atoms with van der Waals surface area (Å²) in [5.74, 6) is 0. The van der Waals surface area contributed by atoms with Crippen molar-refractivity contribution in [2.24, 2.45) is 0 Å². The topological polar surface area (TPSA) is 71.1 Å². The molecule has 10 heteroatoms. The largest absolute Gasteiger partial charge is 0.337 e. The average Bonchev–Trinajstić information content (AvgIpc) is 2.58. The summed E-state index contributed by atoms with van der Waals surface area (Å²) in [6.07, 6.45) is 0.111. The predicted molar refractivity (Wildman–Crippen MR) is 109 cm³/mol. The molecule has 0 spiro atoms. The Morgan fingerprint density at radius 1 is 0.962 bits per heavy atom. The van der Waals surface area contributed by atoms with E-state index in [2.05, 4.69) is 31.9 Å². The lowest BCUT2D eigenvalue weighted by Gasteiger charge is -2.28. The maximum absolute atomic E-state index is 12.8. The van der Waals surface area contributed by atoms with Gasteiger partial charge in [0.15, 0.2) is 0 Å². The fourth-order valence-corrected chi connectivity index (χ4v) is 6.25. The van der Waals surface area contributed by atoms with Gasteiger partial charge in [-0.15, -0.1) is 0 Å². The Labute approximate surface area is 173 Å². The molecule has 0 bridgehead atoms. The molecule has 0 N–H and O–H groups in total. The second-order valence-electron chi connectivity index (χ2n) is 5.07. The lowest BCUT2D eigenvalue weighted by molar-refractivity contribution is -0.177. The van der Waals surface area contributed by atoms with Gasteiger partial charge in [0.05, 0.1) is 19.4 Å². The van der Waals surface area contributed by atoms with Crippen LogP contribution in [-0.4, -0.2) is 26.4 Å². The highest BCUT2D eigenvalue weighted by Crippen LogP contribution is 2.53. The van der Waals surface area contributed by atoms with Crippen LogP contribution in [0.15, 0.2) is 21.1 Å². The van der Waals surface area contributed by atoms with Crippen molar-refractivity contribution in [1.29, 1.82) is 0 Å². The second-order valence-corrected chi connectivity index (χ2v) is 9.60. The van der Waals surface area contributed by atoms with E-state index >= 15 is 0 Å². The molecule has 0 aliphatic rings. The van der Waals surface area contributed by atoms with E-state index in [9.17, 15) is 9.13 Å². The quantitative estimate of drug-likeness (QED) is 0.227. The van der Waals surface area contributed by atoms with E-state index < -0.39 is 13.1 Å². The van der Waals surface area contributed by atoms with Crippen LogP contribution < -0.4 is 0 Å². The SMILES string of the molecule is CCOC(OCC)(P=O)c1cc(Br)c(CP(=O)(OCC)OCC)cc1Br. The Balaban J connectivity index is 3.33. The van der Waals surface area contributed by atoms with E-state index in [1.165, 1.54) is 0 Å². The number of benzene rings is 1. The Morgan fingerprint density at radius 3 is 1.92 bits per heavy atom. The Hall–Kier alpha value is 0.350. The minimum Gasteiger partial charge on any atom is -0.337 e. The Morgan fingerprint density at radius 2 is 1.50 bits per heavy atom. The normalized spacial score (nSPS) is 12.7. The number of halogens is 2. The first-order chi connectivity index (χ1) is 12.3. The molecule has 6 nitrogen and oxygen atoms in total. The van der Waals surface area contributed by atoms with Crippen LogP contribution >= 0.6 is 47.9 Å². The summed E-state index contributed by atoms with van der Waals surface area (Å²) >= 11 is 6.98. The first kappa shape index (κ1) is 24.4. The van der Waals surface area contributed by atoms with Crippen LogP contribution in [0.4, 0.5) is 0 Å². The molecule has 0 aliphatic carbocycles. The van der Waals surface area contributed by atoms with Crippen LogP contribution in [0.1, 0.15) is 38.8 Å². The third-order valence-electron chi connectivity index (χ3n) is 3.29. The van der Waals surface area contributed by atoms with Crippen molar-refractivity contribution < 1.29 is 27.7 Å². The van der Waals surface area contributed by atoms with Crippen LogP contribution in [0.5, 0.6) is 0 Å². The van der Waals surface area contributed by atoms with Gasteiger partial charge in [0, 0.05) is 27.7 Å². The van der Waals surface area contributed by atoms with Crippen LogP contribution in [0, 0.1) is 0 Å². The van der Waals surface area contributed by atoms with E-state index in [1.807, 2.05) is 0 Å². The van der Waals surface area contributed by atoms with E-state index in [0.29, 0.717) is 40.9 Å².